The number of nitrogens with zero attached hydrogens (tertiary/aromatic N) is 2. The number of carbonyl (C=O) groups excluding carboxylic acids is 1. The maximum absolute atomic E-state index is 12.5. The van der Waals surface area contributed by atoms with Crippen LogP contribution in [0, 0.1) is 5.92 Å². The van der Waals surface area contributed by atoms with Crippen LogP contribution in [0.25, 0.3) is 10.8 Å². The predicted octanol–water partition coefficient (Wildman–Crippen LogP) is 2.09. The van der Waals surface area contributed by atoms with Crippen molar-refractivity contribution in [3.63, 3.8) is 0 Å². The van der Waals surface area contributed by atoms with Crippen LogP contribution in [-0.2, 0) is 11.3 Å². The molecular formula is C20H25N3O. The molecule has 4 heteroatoms. The molecule has 0 aromatic heterocycles. The van der Waals surface area contributed by atoms with Gasteiger partial charge in [0.2, 0.25) is 5.91 Å². The van der Waals surface area contributed by atoms with Crippen molar-refractivity contribution in [2.24, 2.45) is 5.92 Å². The lowest BCUT2D eigenvalue weighted by Gasteiger charge is -2.36. The zero-order chi connectivity index (χ0) is 16.4. The van der Waals surface area contributed by atoms with Crippen LogP contribution >= 0.6 is 0 Å². The van der Waals surface area contributed by atoms with E-state index in [-0.39, 0.29) is 5.92 Å². The monoisotopic (exact) mass is 323 g/mol. The second-order valence-electron chi connectivity index (χ2n) is 6.93. The van der Waals surface area contributed by atoms with Crippen molar-refractivity contribution in [2.75, 3.05) is 39.3 Å². The molecule has 1 amide bonds. The molecule has 2 aliphatic heterocycles. The van der Waals surface area contributed by atoms with Gasteiger partial charge in [-0.05, 0) is 29.3 Å². The molecule has 4 rings (SSSR count). The van der Waals surface area contributed by atoms with Gasteiger partial charge in [0, 0.05) is 39.3 Å². The fourth-order valence-electron chi connectivity index (χ4n) is 3.92. The number of hydrogen-bond acceptors (Lipinski definition) is 3. The minimum absolute atomic E-state index is 0.203. The van der Waals surface area contributed by atoms with Crippen LogP contribution in [0.15, 0.2) is 42.5 Å². The molecule has 2 fully saturated rings. The fourth-order valence-corrected chi connectivity index (χ4v) is 3.92. The van der Waals surface area contributed by atoms with E-state index in [4.69, 9.17) is 0 Å². The Balaban J connectivity index is 1.38. The Morgan fingerprint density at radius 3 is 2.62 bits per heavy atom. The smallest absolute Gasteiger partial charge is 0.227 e. The largest absolute Gasteiger partial charge is 0.340 e. The quantitative estimate of drug-likeness (QED) is 0.939. The van der Waals surface area contributed by atoms with Crippen molar-refractivity contribution < 1.29 is 4.79 Å². The molecule has 2 saturated heterocycles. The average Bonchev–Trinajstić information content (AvgIpc) is 3.17. The highest BCUT2D eigenvalue weighted by Gasteiger charge is 2.29. The predicted molar refractivity (Wildman–Crippen MR) is 96.8 cm³/mol. The number of amides is 1. The minimum atomic E-state index is 0.203. The van der Waals surface area contributed by atoms with Gasteiger partial charge >= 0.3 is 0 Å². The first-order valence-corrected chi connectivity index (χ1v) is 9.00. The van der Waals surface area contributed by atoms with E-state index in [0.29, 0.717) is 5.91 Å². The van der Waals surface area contributed by atoms with E-state index < -0.39 is 0 Å². The van der Waals surface area contributed by atoms with Crippen LogP contribution in [0.2, 0.25) is 0 Å². The summed E-state index contributed by atoms with van der Waals surface area (Å²) in [5.41, 5.74) is 1.38. The van der Waals surface area contributed by atoms with E-state index in [2.05, 4.69) is 57.6 Å². The van der Waals surface area contributed by atoms with Crippen LogP contribution in [0.3, 0.4) is 0 Å². The normalized spacial score (nSPS) is 22.2. The molecule has 2 heterocycles. The second-order valence-corrected chi connectivity index (χ2v) is 6.93. The minimum Gasteiger partial charge on any atom is -0.340 e. The molecule has 1 N–H and O–H groups in total. The number of hydrogen-bond donors (Lipinski definition) is 1. The lowest BCUT2D eigenvalue weighted by molar-refractivity contribution is -0.136. The summed E-state index contributed by atoms with van der Waals surface area (Å²) in [6.45, 7) is 6.46. The van der Waals surface area contributed by atoms with E-state index in [1.54, 1.807) is 0 Å². The summed E-state index contributed by atoms with van der Waals surface area (Å²) in [4.78, 5) is 17.0. The van der Waals surface area contributed by atoms with Crippen molar-refractivity contribution in [3.8, 4) is 0 Å². The molecule has 2 aliphatic rings. The number of carbonyl (C=O) groups is 1. The second kappa shape index (κ2) is 6.91. The van der Waals surface area contributed by atoms with Gasteiger partial charge in [-0.2, -0.15) is 0 Å². The fraction of sp³-hybridized carbons (Fsp3) is 0.450. The van der Waals surface area contributed by atoms with Gasteiger partial charge in [-0.25, -0.2) is 0 Å². The highest BCUT2D eigenvalue weighted by molar-refractivity contribution is 5.85. The van der Waals surface area contributed by atoms with Crippen molar-refractivity contribution in [3.05, 3.63) is 48.0 Å². The number of piperazine rings is 1. The summed E-state index contributed by atoms with van der Waals surface area (Å²) in [5.74, 6) is 0.555. The maximum Gasteiger partial charge on any atom is 0.227 e. The molecule has 4 nitrogen and oxygen atoms in total. The van der Waals surface area contributed by atoms with Gasteiger partial charge in [0.05, 0.1) is 5.92 Å². The van der Waals surface area contributed by atoms with Gasteiger partial charge in [0.25, 0.3) is 0 Å². The van der Waals surface area contributed by atoms with Gasteiger partial charge in [-0.3, -0.25) is 9.69 Å². The van der Waals surface area contributed by atoms with Crippen LogP contribution < -0.4 is 5.32 Å². The third-order valence-electron chi connectivity index (χ3n) is 5.37. The summed E-state index contributed by atoms with van der Waals surface area (Å²) in [7, 11) is 0. The number of nitrogens with one attached hydrogen (secondary N) is 1. The van der Waals surface area contributed by atoms with Gasteiger partial charge < -0.3 is 10.2 Å². The van der Waals surface area contributed by atoms with E-state index in [9.17, 15) is 4.79 Å². The molecule has 0 saturated carbocycles. The zero-order valence-electron chi connectivity index (χ0n) is 14.1. The first kappa shape index (κ1) is 15.6. The SMILES string of the molecule is O=C(C1CCNC1)N1CCN(Cc2cccc3ccccc23)CC1. The van der Waals surface area contributed by atoms with Gasteiger partial charge in [0.15, 0.2) is 0 Å². The maximum atomic E-state index is 12.5. The first-order chi connectivity index (χ1) is 11.8. The Hall–Kier alpha value is -1.91. The Kier molecular flexibility index (Phi) is 4.50. The zero-order valence-corrected chi connectivity index (χ0v) is 14.1. The van der Waals surface area contributed by atoms with Crippen LogP contribution in [-0.4, -0.2) is 55.0 Å². The number of rotatable bonds is 3. The molecule has 0 aliphatic carbocycles. The molecule has 1 unspecified atom stereocenters. The first-order valence-electron chi connectivity index (χ1n) is 9.00. The van der Waals surface area contributed by atoms with Gasteiger partial charge in [0.1, 0.15) is 0 Å². The molecule has 0 spiro atoms. The molecular weight excluding hydrogens is 298 g/mol. The number of benzene rings is 2. The Labute approximate surface area is 143 Å². The summed E-state index contributed by atoms with van der Waals surface area (Å²) in [6.07, 6.45) is 0.995. The van der Waals surface area contributed by atoms with Crippen LogP contribution in [0.4, 0.5) is 0 Å². The Morgan fingerprint density at radius 2 is 1.83 bits per heavy atom. The van der Waals surface area contributed by atoms with Crippen molar-refractivity contribution in [2.45, 2.75) is 13.0 Å². The van der Waals surface area contributed by atoms with E-state index in [1.165, 1.54) is 16.3 Å². The highest BCUT2D eigenvalue weighted by Crippen LogP contribution is 2.21. The van der Waals surface area contributed by atoms with E-state index in [0.717, 1.165) is 52.2 Å². The van der Waals surface area contributed by atoms with Gasteiger partial charge in [-0.1, -0.05) is 42.5 Å². The summed E-state index contributed by atoms with van der Waals surface area (Å²) >= 11 is 0. The molecule has 126 valence electrons. The molecule has 1 atom stereocenters. The number of fused-ring (bicyclic) bond motifs is 1. The lowest BCUT2D eigenvalue weighted by atomic mass is 10.0. The molecule has 2 aromatic carbocycles. The van der Waals surface area contributed by atoms with Crippen molar-refractivity contribution in [1.82, 2.24) is 15.1 Å². The molecule has 0 radical (unpaired) electrons. The molecule has 2 aromatic rings. The topological polar surface area (TPSA) is 35.6 Å². The van der Waals surface area contributed by atoms with Crippen molar-refractivity contribution >= 4 is 16.7 Å². The average molecular weight is 323 g/mol. The highest BCUT2D eigenvalue weighted by atomic mass is 16.2. The van der Waals surface area contributed by atoms with E-state index in [1.807, 2.05) is 0 Å². The summed E-state index contributed by atoms with van der Waals surface area (Å²) < 4.78 is 0. The Bertz CT molecular complexity index is 710. The Morgan fingerprint density at radius 1 is 1.04 bits per heavy atom. The standard InChI is InChI=1S/C20H25N3O/c24-20(17-8-9-21-14-17)23-12-10-22(11-13-23)15-18-6-3-5-16-4-1-2-7-19(16)18/h1-7,17,21H,8-15H2. The lowest BCUT2D eigenvalue weighted by Crippen LogP contribution is -2.50. The third-order valence-corrected chi connectivity index (χ3v) is 5.37. The summed E-state index contributed by atoms with van der Waals surface area (Å²) in [5, 5.41) is 5.94. The van der Waals surface area contributed by atoms with Gasteiger partial charge in [-0.15, -0.1) is 0 Å². The molecule has 24 heavy (non-hydrogen) atoms. The van der Waals surface area contributed by atoms with Crippen molar-refractivity contribution in [1.29, 1.82) is 0 Å². The van der Waals surface area contributed by atoms with Crippen LogP contribution in [0.1, 0.15) is 12.0 Å². The molecule has 0 bridgehead atoms. The third kappa shape index (κ3) is 3.17. The summed E-state index contributed by atoms with van der Waals surface area (Å²) in [6, 6.07) is 15.1. The van der Waals surface area contributed by atoms with E-state index >= 15 is 0 Å². The van der Waals surface area contributed by atoms with Crippen LogP contribution in [0.5, 0.6) is 0 Å².